The molecule has 3 aliphatic rings. The summed E-state index contributed by atoms with van der Waals surface area (Å²) in [6.45, 7) is 0.284. The van der Waals surface area contributed by atoms with Gasteiger partial charge >= 0.3 is 0 Å². The van der Waals surface area contributed by atoms with Gasteiger partial charge in [0, 0.05) is 26.3 Å². The molecule has 2 unspecified atom stereocenters. The normalized spacial score (nSPS) is 23.3. The minimum atomic E-state index is 0. The molecule has 1 radical (unpaired) electrons. The van der Waals surface area contributed by atoms with Gasteiger partial charge in [-0.3, -0.25) is 0 Å². The molecule has 2 atom stereocenters. The number of fused-ring (bicyclic) bond motifs is 10. The second-order valence-electron chi connectivity index (χ2n) is 6.63. The third-order valence-corrected chi connectivity index (χ3v) is 5.59. The molecule has 1 saturated carbocycles. The molecule has 2 heterocycles. The third-order valence-electron chi connectivity index (χ3n) is 5.59. The molecule has 2 aliphatic carbocycles. The van der Waals surface area contributed by atoms with Crippen LogP contribution in [-0.4, -0.2) is 11.8 Å². The average molecular weight is 481 g/mol. The summed E-state index contributed by atoms with van der Waals surface area (Å²) in [5.41, 5.74) is 4.10. The van der Waals surface area contributed by atoms with Crippen LogP contribution in [0.1, 0.15) is 42.2 Å². The molecule has 0 saturated heterocycles. The minimum Gasteiger partial charge on any atom is -0.500 e. The number of rotatable bonds is 0. The van der Waals surface area contributed by atoms with Crippen molar-refractivity contribution in [3.05, 3.63) is 41.6 Å². The fourth-order valence-corrected chi connectivity index (χ4v) is 4.62. The van der Waals surface area contributed by atoms with E-state index < -0.39 is 0 Å². The molecule has 0 N–H and O–H groups in total. The van der Waals surface area contributed by atoms with Gasteiger partial charge in [-0.15, -0.1) is 10.8 Å². The maximum Gasteiger partial charge on any atom is 0.218 e. The molecule has 4 heteroatoms. The van der Waals surface area contributed by atoms with Gasteiger partial charge in [0.2, 0.25) is 6.79 Å². The van der Waals surface area contributed by atoms with Crippen LogP contribution in [0.5, 0.6) is 11.5 Å². The van der Waals surface area contributed by atoms with Crippen molar-refractivity contribution in [1.82, 2.24) is 4.98 Å². The van der Waals surface area contributed by atoms with E-state index in [4.69, 9.17) is 14.5 Å². The van der Waals surface area contributed by atoms with Crippen molar-refractivity contribution in [2.24, 2.45) is 0 Å². The van der Waals surface area contributed by atoms with Gasteiger partial charge in [-0.2, -0.15) is 0 Å². The molecule has 117 valence electrons. The van der Waals surface area contributed by atoms with Gasteiger partial charge in [-0.05, 0) is 53.1 Å². The van der Waals surface area contributed by atoms with Crippen molar-refractivity contribution < 1.29 is 29.6 Å². The number of hydrogen-bond donors (Lipinski definition) is 0. The summed E-state index contributed by atoms with van der Waals surface area (Å²) in [5.74, 6) is 2.97. The van der Waals surface area contributed by atoms with Crippen LogP contribution in [-0.2, 0) is 20.1 Å². The van der Waals surface area contributed by atoms with E-state index in [1.807, 2.05) is 6.07 Å². The Balaban J connectivity index is 0.00000121. The zero-order valence-electron chi connectivity index (χ0n) is 12.4. The topological polar surface area (TPSA) is 31.4 Å². The molecule has 1 fully saturated rings. The molecular formula is C19H14IrNO2-. The van der Waals surface area contributed by atoms with Crippen LogP contribution in [0, 0.1) is 6.07 Å². The van der Waals surface area contributed by atoms with Crippen LogP contribution in [0.15, 0.2) is 24.4 Å². The van der Waals surface area contributed by atoms with Crippen molar-refractivity contribution in [3.63, 3.8) is 0 Å². The van der Waals surface area contributed by atoms with Crippen LogP contribution in [0.3, 0.4) is 0 Å². The van der Waals surface area contributed by atoms with E-state index >= 15 is 0 Å². The van der Waals surface area contributed by atoms with E-state index in [9.17, 15) is 0 Å². The van der Waals surface area contributed by atoms with Crippen LogP contribution in [0.4, 0.5) is 0 Å². The summed E-state index contributed by atoms with van der Waals surface area (Å²) < 4.78 is 11.0. The van der Waals surface area contributed by atoms with E-state index in [0.29, 0.717) is 5.75 Å². The molecule has 0 amide bonds. The van der Waals surface area contributed by atoms with Crippen molar-refractivity contribution in [3.8, 4) is 11.5 Å². The number of hydrogen-bond acceptors (Lipinski definition) is 3. The third kappa shape index (κ3) is 1.71. The largest absolute Gasteiger partial charge is 0.500 e. The number of pyridine rings is 1. The Labute approximate surface area is 147 Å². The number of ether oxygens (including phenoxy) is 2. The number of aromatic nitrogens is 1. The molecule has 0 spiro atoms. The summed E-state index contributed by atoms with van der Waals surface area (Å²) in [6.07, 6.45) is 6.10. The second kappa shape index (κ2) is 4.68. The minimum absolute atomic E-state index is 0. The van der Waals surface area contributed by atoms with Crippen molar-refractivity contribution >= 4 is 21.7 Å². The van der Waals surface area contributed by atoms with Crippen LogP contribution in [0.25, 0.3) is 21.7 Å². The Kier molecular flexibility index (Phi) is 2.80. The summed E-state index contributed by atoms with van der Waals surface area (Å²) in [4.78, 5) is 4.80. The van der Waals surface area contributed by atoms with E-state index in [0.717, 1.165) is 33.9 Å². The molecule has 2 aromatic carbocycles. The molecule has 1 aromatic heterocycles. The first-order chi connectivity index (χ1) is 10.9. The van der Waals surface area contributed by atoms with Crippen LogP contribution < -0.4 is 9.47 Å². The molecule has 6 rings (SSSR count). The van der Waals surface area contributed by atoms with Gasteiger partial charge in [0.15, 0.2) is 0 Å². The van der Waals surface area contributed by atoms with E-state index in [-0.39, 0.29) is 26.9 Å². The molecule has 23 heavy (non-hydrogen) atoms. The Bertz CT molecular complexity index is 969. The Morgan fingerprint density at radius 2 is 2.04 bits per heavy atom. The van der Waals surface area contributed by atoms with Gasteiger partial charge < -0.3 is 14.5 Å². The first kappa shape index (κ1) is 13.8. The molecular weight excluding hydrogens is 466 g/mol. The first-order valence-corrected chi connectivity index (χ1v) is 7.95. The quantitative estimate of drug-likeness (QED) is 0.356. The van der Waals surface area contributed by atoms with E-state index in [2.05, 4.69) is 24.4 Å². The van der Waals surface area contributed by atoms with Crippen LogP contribution in [0.2, 0.25) is 0 Å². The number of nitrogens with zero attached hydrogens (tertiary/aromatic N) is 1. The molecule has 2 bridgehead atoms. The maximum atomic E-state index is 5.49. The Hall–Kier alpha value is -1.64. The molecule has 3 aromatic rings. The first-order valence-electron chi connectivity index (χ1n) is 7.95. The van der Waals surface area contributed by atoms with E-state index in [1.165, 1.54) is 30.2 Å². The smallest absolute Gasteiger partial charge is 0.218 e. The predicted octanol–water partition coefficient (Wildman–Crippen LogP) is 4.28. The van der Waals surface area contributed by atoms with Gasteiger partial charge in [0.25, 0.3) is 0 Å². The van der Waals surface area contributed by atoms with Gasteiger partial charge in [0.05, 0.1) is 11.5 Å². The van der Waals surface area contributed by atoms with Gasteiger partial charge in [-0.1, -0.05) is 24.3 Å². The summed E-state index contributed by atoms with van der Waals surface area (Å²) in [7, 11) is 0. The van der Waals surface area contributed by atoms with E-state index in [1.54, 1.807) is 5.56 Å². The zero-order chi connectivity index (χ0) is 14.3. The van der Waals surface area contributed by atoms with Crippen molar-refractivity contribution in [2.75, 3.05) is 6.79 Å². The fourth-order valence-electron chi connectivity index (χ4n) is 4.62. The predicted molar refractivity (Wildman–Crippen MR) is 83.5 cm³/mol. The fraction of sp³-hybridized carbons (Fsp3) is 0.316. The van der Waals surface area contributed by atoms with Crippen LogP contribution >= 0.6 is 0 Å². The SMILES string of the molecule is [Ir].[c-]1c2c(cc3ccc4c5c(cnc4c13)C1CCC5C1)OCO2. The Morgan fingerprint density at radius 1 is 1.13 bits per heavy atom. The Morgan fingerprint density at radius 3 is 3.00 bits per heavy atom. The van der Waals surface area contributed by atoms with Gasteiger partial charge in [-0.25, -0.2) is 0 Å². The maximum absolute atomic E-state index is 5.49. The summed E-state index contributed by atoms with van der Waals surface area (Å²) >= 11 is 0. The van der Waals surface area contributed by atoms with Crippen molar-refractivity contribution in [1.29, 1.82) is 0 Å². The second-order valence-corrected chi connectivity index (χ2v) is 6.63. The average Bonchev–Trinajstić information content (AvgIpc) is 3.27. The monoisotopic (exact) mass is 481 g/mol. The summed E-state index contributed by atoms with van der Waals surface area (Å²) in [5, 5.41) is 3.48. The van der Waals surface area contributed by atoms with Crippen molar-refractivity contribution in [2.45, 2.75) is 31.1 Å². The standard InChI is InChI=1S/C19H14NO2.Ir/c1-2-12-5-10(1)15-8-20-19-13(18(12)15)4-3-11-6-16-17(7-14(11)19)22-9-21-16;/h3-4,6,8,10,12H,1-2,5,9H2;/q-1;. The summed E-state index contributed by atoms with van der Waals surface area (Å²) in [6, 6.07) is 9.82. The molecule has 3 nitrogen and oxygen atoms in total. The molecule has 1 aliphatic heterocycles. The number of benzene rings is 2. The van der Waals surface area contributed by atoms with Gasteiger partial charge in [0.1, 0.15) is 0 Å². The zero-order valence-corrected chi connectivity index (χ0v) is 14.8.